The van der Waals surface area contributed by atoms with Crippen LogP contribution in [0.15, 0.2) is 12.1 Å². The van der Waals surface area contributed by atoms with E-state index in [9.17, 15) is 13.2 Å². The summed E-state index contributed by atoms with van der Waals surface area (Å²) in [7, 11) is 0. The van der Waals surface area contributed by atoms with E-state index in [0.29, 0.717) is 17.9 Å². The lowest BCUT2D eigenvalue weighted by Crippen LogP contribution is -2.38. The summed E-state index contributed by atoms with van der Waals surface area (Å²) in [4.78, 5) is 0. The summed E-state index contributed by atoms with van der Waals surface area (Å²) in [6.07, 6.45) is 1.85. The van der Waals surface area contributed by atoms with E-state index in [1.807, 2.05) is 0 Å². The highest BCUT2D eigenvalue weighted by Crippen LogP contribution is 2.36. The van der Waals surface area contributed by atoms with Gasteiger partial charge in [0.2, 0.25) is 0 Å². The van der Waals surface area contributed by atoms with Crippen molar-refractivity contribution in [3.05, 3.63) is 29.6 Å². The third kappa shape index (κ3) is 2.56. The molecule has 1 N–H and O–H groups in total. The van der Waals surface area contributed by atoms with Gasteiger partial charge in [0, 0.05) is 18.2 Å². The Kier molecular flexibility index (Phi) is 3.31. The molecule has 1 aliphatic rings. The molecule has 1 fully saturated rings. The SMILES string of the molecule is CC(C)C1CC(Nc2cc(F)cc(F)c2F)C1. The van der Waals surface area contributed by atoms with Gasteiger partial charge in [0.25, 0.3) is 0 Å². The summed E-state index contributed by atoms with van der Waals surface area (Å²) in [5.74, 6) is -1.69. The lowest BCUT2D eigenvalue weighted by molar-refractivity contribution is 0.211. The zero-order valence-corrected chi connectivity index (χ0v) is 9.93. The van der Waals surface area contributed by atoms with Gasteiger partial charge < -0.3 is 5.32 Å². The molecule has 0 spiro atoms. The molecule has 1 nitrogen and oxygen atoms in total. The van der Waals surface area contributed by atoms with Crippen molar-refractivity contribution in [1.82, 2.24) is 0 Å². The van der Waals surface area contributed by atoms with Crippen molar-refractivity contribution >= 4 is 5.69 Å². The van der Waals surface area contributed by atoms with Crippen molar-refractivity contribution in [3.63, 3.8) is 0 Å². The summed E-state index contributed by atoms with van der Waals surface area (Å²) in [6.45, 7) is 4.28. The fourth-order valence-electron chi connectivity index (χ4n) is 2.20. The molecule has 0 atom stereocenters. The molecular weight excluding hydrogens is 227 g/mol. The third-order valence-corrected chi connectivity index (χ3v) is 3.47. The predicted octanol–water partition coefficient (Wildman–Crippen LogP) is 3.95. The lowest BCUT2D eigenvalue weighted by Gasteiger charge is -2.39. The quantitative estimate of drug-likeness (QED) is 0.792. The molecule has 1 saturated carbocycles. The van der Waals surface area contributed by atoms with Crippen LogP contribution in [0.5, 0.6) is 0 Å². The molecule has 1 aromatic carbocycles. The van der Waals surface area contributed by atoms with Gasteiger partial charge in [0.1, 0.15) is 5.82 Å². The van der Waals surface area contributed by atoms with E-state index in [-0.39, 0.29) is 11.7 Å². The van der Waals surface area contributed by atoms with Crippen LogP contribution >= 0.6 is 0 Å². The molecule has 1 aliphatic carbocycles. The van der Waals surface area contributed by atoms with E-state index in [1.165, 1.54) is 0 Å². The highest BCUT2D eigenvalue weighted by Gasteiger charge is 2.31. The van der Waals surface area contributed by atoms with E-state index >= 15 is 0 Å². The molecule has 17 heavy (non-hydrogen) atoms. The highest BCUT2D eigenvalue weighted by molar-refractivity contribution is 5.46. The minimum absolute atomic E-state index is 0.0743. The number of anilines is 1. The van der Waals surface area contributed by atoms with Crippen molar-refractivity contribution in [1.29, 1.82) is 0 Å². The van der Waals surface area contributed by atoms with Gasteiger partial charge in [-0.25, -0.2) is 13.2 Å². The van der Waals surface area contributed by atoms with Crippen molar-refractivity contribution in [2.24, 2.45) is 11.8 Å². The van der Waals surface area contributed by atoms with E-state index in [1.54, 1.807) is 0 Å². The Morgan fingerprint density at radius 1 is 1.18 bits per heavy atom. The Balaban J connectivity index is 2.01. The molecular formula is C13H16F3N. The van der Waals surface area contributed by atoms with Crippen LogP contribution in [-0.2, 0) is 0 Å². The Labute approximate surface area is 99.0 Å². The normalized spacial score (nSPS) is 23.6. The highest BCUT2D eigenvalue weighted by atomic mass is 19.2. The van der Waals surface area contributed by atoms with Crippen LogP contribution in [0, 0.1) is 29.3 Å². The molecule has 1 aromatic rings. The fraction of sp³-hybridized carbons (Fsp3) is 0.538. The topological polar surface area (TPSA) is 12.0 Å². The molecule has 94 valence electrons. The molecule has 4 heteroatoms. The minimum atomic E-state index is -1.15. The van der Waals surface area contributed by atoms with Crippen molar-refractivity contribution < 1.29 is 13.2 Å². The third-order valence-electron chi connectivity index (χ3n) is 3.47. The van der Waals surface area contributed by atoms with Gasteiger partial charge in [0.05, 0.1) is 5.69 Å². The van der Waals surface area contributed by atoms with E-state index in [0.717, 1.165) is 18.9 Å². The maximum Gasteiger partial charge on any atom is 0.182 e. The molecule has 0 aliphatic heterocycles. The molecule has 0 saturated heterocycles. The summed E-state index contributed by atoms with van der Waals surface area (Å²) in [5.41, 5.74) is -0.0743. The summed E-state index contributed by atoms with van der Waals surface area (Å²) in [6, 6.07) is 1.68. The smallest absolute Gasteiger partial charge is 0.182 e. The minimum Gasteiger partial charge on any atom is -0.380 e. The first-order valence-corrected chi connectivity index (χ1v) is 5.88. The van der Waals surface area contributed by atoms with Crippen LogP contribution < -0.4 is 5.32 Å². The predicted molar refractivity (Wildman–Crippen MR) is 61.3 cm³/mol. The number of hydrogen-bond donors (Lipinski definition) is 1. The monoisotopic (exact) mass is 243 g/mol. The first kappa shape index (κ1) is 12.3. The van der Waals surface area contributed by atoms with Crippen LogP contribution in [0.2, 0.25) is 0 Å². The van der Waals surface area contributed by atoms with Crippen LogP contribution in [0.4, 0.5) is 18.9 Å². The Morgan fingerprint density at radius 3 is 2.41 bits per heavy atom. The number of benzene rings is 1. The molecule has 0 aromatic heterocycles. The van der Waals surface area contributed by atoms with E-state index < -0.39 is 17.5 Å². The molecule has 0 amide bonds. The van der Waals surface area contributed by atoms with Crippen LogP contribution in [0.25, 0.3) is 0 Å². The average Bonchev–Trinajstić information content (AvgIpc) is 2.17. The largest absolute Gasteiger partial charge is 0.380 e. The van der Waals surface area contributed by atoms with E-state index in [2.05, 4.69) is 19.2 Å². The molecule has 0 unspecified atom stereocenters. The van der Waals surface area contributed by atoms with Crippen LogP contribution in [0.3, 0.4) is 0 Å². The second-order valence-corrected chi connectivity index (χ2v) is 5.07. The van der Waals surface area contributed by atoms with Crippen molar-refractivity contribution in [2.75, 3.05) is 5.32 Å². The summed E-state index contributed by atoms with van der Waals surface area (Å²) in [5, 5.41) is 2.86. The number of halogens is 3. The van der Waals surface area contributed by atoms with Gasteiger partial charge in [-0.15, -0.1) is 0 Å². The van der Waals surface area contributed by atoms with Gasteiger partial charge >= 0.3 is 0 Å². The lowest BCUT2D eigenvalue weighted by atomic mass is 9.73. The summed E-state index contributed by atoms with van der Waals surface area (Å²) >= 11 is 0. The zero-order chi connectivity index (χ0) is 12.6. The molecule has 2 rings (SSSR count). The van der Waals surface area contributed by atoms with Gasteiger partial charge in [-0.2, -0.15) is 0 Å². The Hall–Kier alpha value is -1.19. The van der Waals surface area contributed by atoms with Crippen LogP contribution in [-0.4, -0.2) is 6.04 Å². The van der Waals surface area contributed by atoms with E-state index in [4.69, 9.17) is 0 Å². The molecule has 0 bridgehead atoms. The second-order valence-electron chi connectivity index (χ2n) is 5.07. The van der Waals surface area contributed by atoms with Gasteiger partial charge in [-0.1, -0.05) is 13.8 Å². The number of hydrogen-bond acceptors (Lipinski definition) is 1. The average molecular weight is 243 g/mol. The van der Waals surface area contributed by atoms with Crippen LogP contribution in [0.1, 0.15) is 26.7 Å². The fourth-order valence-corrected chi connectivity index (χ4v) is 2.20. The van der Waals surface area contributed by atoms with Gasteiger partial charge in [-0.05, 0) is 24.7 Å². The maximum absolute atomic E-state index is 13.4. The number of nitrogens with one attached hydrogen (secondary N) is 1. The van der Waals surface area contributed by atoms with Gasteiger partial charge in [0.15, 0.2) is 11.6 Å². The standard InChI is InChI=1S/C13H16F3N/c1-7(2)8-3-10(4-8)17-12-6-9(14)5-11(15)13(12)16/h5-8,10,17H,3-4H2,1-2H3. The first-order chi connectivity index (χ1) is 7.97. The Bertz CT molecular complexity index is 411. The Morgan fingerprint density at radius 2 is 1.82 bits per heavy atom. The number of rotatable bonds is 3. The van der Waals surface area contributed by atoms with Gasteiger partial charge in [-0.3, -0.25) is 0 Å². The van der Waals surface area contributed by atoms with Crippen molar-refractivity contribution in [3.8, 4) is 0 Å². The van der Waals surface area contributed by atoms with Crippen molar-refractivity contribution in [2.45, 2.75) is 32.7 Å². The first-order valence-electron chi connectivity index (χ1n) is 5.88. The molecule has 0 radical (unpaired) electrons. The zero-order valence-electron chi connectivity index (χ0n) is 9.93. The molecule has 0 heterocycles. The maximum atomic E-state index is 13.4. The summed E-state index contributed by atoms with van der Waals surface area (Å²) < 4.78 is 39.3. The second kappa shape index (κ2) is 4.59.